The van der Waals surface area contributed by atoms with Gasteiger partial charge in [-0.25, -0.2) is 4.79 Å². The maximum atomic E-state index is 12.5. The first-order valence-electron chi connectivity index (χ1n) is 11.2. The highest BCUT2D eigenvalue weighted by atomic mass is 16.2. The summed E-state index contributed by atoms with van der Waals surface area (Å²) >= 11 is 0. The smallest absolute Gasteiger partial charge is 0.325 e. The Morgan fingerprint density at radius 3 is 2.58 bits per heavy atom. The predicted molar refractivity (Wildman–Crippen MR) is 123 cm³/mol. The molecule has 2 N–H and O–H groups in total. The van der Waals surface area contributed by atoms with Gasteiger partial charge in [0.2, 0.25) is 0 Å². The summed E-state index contributed by atoms with van der Waals surface area (Å²) in [4.78, 5) is 35.1. The Morgan fingerprint density at radius 1 is 1.23 bits per heavy atom. The topological polar surface area (TPSA) is 80.3 Å². The molecule has 2 saturated heterocycles. The van der Waals surface area contributed by atoms with Crippen LogP contribution in [0.25, 0.3) is 0 Å². The largest absolute Gasteiger partial charge is 0.356 e. The van der Waals surface area contributed by atoms with Crippen molar-refractivity contribution < 1.29 is 9.59 Å². The third-order valence-electron chi connectivity index (χ3n) is 6.27. The van der Waals surface area contributed by atoms with Gasteiger partial charge >= 0.3 is 6.03 Å². The van der Waals surface area contributed by atoms with Crippen molar-refractivity contribution in [3.63, 3.8) is 0 Å². The highest BCUT2D eigenvalue weighted by Crippen LogP contribution is 2.20. The Labute approximate surface area is 185 Å². The third-order valence-corrected chi connectivity index (χ3v) is 6.27. The normalized spacial score (nSPS) is 22.8. The Morgan fingerprint density at radius 2 is 1.97 bits per heavy atom. The van der Waals surface area contributed by atoms with Crippen LogP contribution < -0.4 is 10.6 Å². The molecule has 1 atom stereocenters. The number of hydrogen-bond acceptors (Lipinski definition) is 4. The fourth-order valence-corrected chi connectivity index (χ4v) is 4.15. The molecule has 170 valence electrons. The zero-order valence-corrected chi connectivity index (χ0v) is 19.3. The minimum atomic E-state index is -0.765. The van der Waals surface area contributed by atoms with Crippen LogP contribution in [0.5, 0.6) is 0 Å². The molecule has 2 heterocycles. The summed E-state index contributed by atoms with van der Waals surface area (Å²) in [5, 5.41) is 6.18. The third kappa shape index (κ3) is 5.55. The van der Waals surface area contributed by atoms with E-state index < -0.39 is 5.54 Å². The maximum Gasteiger partial charge on any atom is 0.325 e. The first-order chi connectivity index (χ1) is 14.9. The predicted octanol–water partition coefficient (Wildman–Crippen LogP) is 1.80. The molecule has 3 amide bonds. The first kappa shape index (κ1) is 23.1. The molecule has 0 bridgehead atoms. The summed E-state index contributed by atoms with van der Waals surface area (Å²) in [6, 6.07) is 8.40. The number of imide groups is 1. The van der Waals surface area contributed by atoms with Crippen molar-refractivity contribution in [2.75, 3.05) is 46.3 Å². The van der Waals surface area contributed by atoms with Crippen molar-refractivity contribution in [3.8, 4) is 0 Å². The molecule has 1 aromatic rings. The minimum Gasteiger partial charge on any atom is -0.356 e. The second-order valence-corrected chi connectivity index (χ2v) is 8.65. The molecule has 2 aliphatic rings. The van der Waals surface area contributed by atoms with Gasteiger partial charge in [-0.15, -0.1) is 0 Å². The van der Waals surface area contributed by atoms with E-state index in [9.17, 15) is 9.59 Å². The lowest BCUT2D eigenvalue weighted by atomic mass is 9.99. The van der Waals surface area contributed by atoms with Crippen molar-refractivity contribution in [1.29, 1.82) is 0 Å². The van der Waals surface area contributed by atoms with E-state index in [1.807, 2.05) is 6.92 Å². The number of rotatable bonds is 7. The molecule has 0 spiro atoms. The fraction of sp³-hybridized carbons (Fsp3) is 0.609. The van der Waals surface area contributed by atoms with E-state index in [2.05, 4.69) is 56.6 Å². The second-order valence-electron chi connectivity index (χ2n) is 8.65. The molecule has 1 aromatic carbocycles. The highest BCUT2D eigenvalue weighted by molar-refractivity contribution is 6.06. The number of benzene rings is 1. The molecule has 1 unspecified atom stereocenters. The van der Waals surface area contributed by atoms with E-state index >= 15 is 0 Å². The average molecular weight is 429 g/mol. The van der Waals surface area contributed by atoms with Gasteiger partial charge in [-0.05, 0) is 32.3 Å². The maximum absolute atomic E-state index is 12.5. The quantitative estimate of drug-likeness (QED) is 0.300. The Kier molecular flexibility index (Phi) is 7.54. The number of nitrogens with zero attached hydrogens (tertiary/aromatic N) is 4. The number of carbonyl (C=O) groups is 2. The molecular formula is C23H36N6O2. The number of piperazine rings is 1. The van der Waals surface area contributed by atoms with Crippen molar-refractivity contribution >= 4 is 17.9 Å². The standard InChI is InChI=1S/C23H36N6O2/c1-5-23(3)20(30)29(22(31)26-23)11-7-10-25-21(24-4)28-14-12-27(13-15-28)17-19-9-6-8-18(2)16-19/h6,8-9,16H,5,7,10-15,17H2,1-4H3,(H,24,25)(H,26,31). The van der Waals surface area contributed by atoms with Gasteiger partial charge in [0.15, 0.2) is 5.96 Å². The van der Waals surface area contributed by atoms with Gasteiger partial charge in [0.05, 0.1) is 0 Å². The van der Waals surface area contributed by atoms with Crippen molar-refractivity contribution in [1.82, 2.24) is 25.3 Å². The van der Waals surface area contributed by atoms with Crippen LogP contribution in [-0.2, 0) is 11.3 Å². The van der Waals surface area contributed by atoms with Gasteiger partial charge in [0.1, 0.15) is 5.54 Å². The van der Waals surface area contributed by atoms with E-state index in [1.54, 1.807) is 14.0 Å². The second kappa shape index (κ2) is 10.1. The average Bonchev–Trinajstić information content (AvgIpc) is 2.98. The molecule has 0 saturated carbocycles. The number of amides is 3. The lowest BCUT2D eigenvalue weighted by Gasteiger charge is -2.36. The number of urea groups is 1. The summed E-state index contributed by atoms with van der Waals surface area (Å²) in [6.45, 7) is 11.7. The summed E-state index contributed by atoms with van der Waals surface area (Å²) < 4.78 is 0. The van der Waals surface area contributed by atoms with E-state index in [0.717, 1.165) is 38.7 Å². The van der Waals surface area contributed by atoms with Crippen LogP contribution in [0.4, 0.5) is 4.79 Å². The van der Waals surface area contributed by atoms with Gasteiger partial charge in [-0.2, -0.15) is 0 Å². The minimum absolute atomic E-state index is 0.130. The summed E-state index contributed by atoms with van der Waals surface area (Å²) in [5.41, 5.74) is 1.89. The molecule has 3 rings (SSSR count). The molecule has 0 aliphatic carbocycles. The van der Waals surface area contributed by atoms with Crippen LogP contribution in [0.2, 0.25) is 0 Å². The van der Waals surface area contributed by atoms with Crippen molar-refractivity contribution in [3.05, 3.63) is 35.4 Å². The van der Waals surface area contributed by atoms with E-state index in [-0.39, 0.29) is 11.9 Å². The van der Waals surface area contributed by atoms with Gasteiger partial charge < -0.3 is 15.5 Å². The Bertz CT molecular complexity index is 818. The van der Waals surface area contributed by atoms with E-state index in [1.165, 1.54) is 16.0 Å². The summed E-state index contributed by atoms with van der Waals surface area (Å²) in [6.07, 6.45) is 1.28. The van der Waals surface area contributed by atoms with Crippen LogP contribution >= 0.6 is 0 Å². The zero-order chi connectivity index (χ0) is 22.4. The molecular weight excluding hydrogens is 392 g/mol. The fourth-order valence-electron chi connectivity index (χ4n) is 4.15. The zero-order valence-electron chi connectivity index (χ0n) is 19.3. The summed E-state index contributed by atoms with van der Waals surface area (Å²) in [5.74, 6) is 0.750. The van der Waals surface area contributed by atoms with Crippen LogP contribution in [0.15, 0.2) is 29.3 Å². The van der Waals surface area contributed by atoms with Crippen LogP contribution in [0.3, 0.4) is 0 Å². The first-order valence-corrected chi connectivity index (χ1v) is 11.2. The van der Waals surface area contributed by atoms with Gasteiger partial charge in [0, 0.05) is 52.9 Å². The SMILES string of the molecule is CCC1(C)NC(=O)N(CCCNC(=NC)N2CCN(Cc3cccc(C)c3)CC2)C1=O. The van der Waals surface area contributed by atoms with Crippen LogP contribution in [0, 0.1) is 6.92 Å². The molecule has 31 heavy (non-hydrogen) atoms. The molecule has 8 nitrogen and oxygen atoms in total. The number of aliphatic imine (C=N–C) groups is 1. The van der Waals surface area contributed by atoms with Gasteiger partial charge in [0.25, 0.3) is 5.91 Å². The lowest BCUT2D eigenvalue weighted by molar-refractivity contribution is -0.130. The molecule has 2 aliphatic heterocycles. The van der Waals surface area contributed by atoms with Gasteiger partial charge in [-0.3, -0.25) is 19.6 Å². The number of hydrogen-bond donors (Lipinski definition) is 2. The van der Waals surface area contributed by atoms with E-state index in [4.69, 9.17) is 0 Å². The number of guanidine groups is 1. The lowest BCUT2D eigenvalue weighted by Crippen LogP contribution is -2.52. The number of carbonyl (C=O) groups excluding carboxylic acids is 2. The molecule has 8 heteroatoms. The summed E-state index contributed by atoms with van der Waals surface area (Å²) in [7, 11) is 1.80. The van der Waals surface area contributed by atoms with Gasteiger partial charge in [-0.1, -0.05) is 36.8 Å². The Hall–Kier alpha value is -2.61. The van der Waals surface area contributed by atoms with E-state index in [0.29, 0.717) is 25.9 Å². The van der Waals surface area contributed by atoms with Crippen LogP contribution in [0.1, 0.15) is 37.8 Å². The number of nitrogens with one attached hydrogen (secondary N) is 2. The monoisotopic (exact) mass is 428 g/mol. The Balaban J connectivity index is 1.40. The number of aryl methyl sites for hydroxylation is 1. The molecule has 0 aromatic heterocycles. The van der Waals surface area contributed by atoms with Crippen LogP contribution in [-0.4, -0.2) is 84.5 Å². The highest BCUT2D eigenvalue weighted by Gasteiger charge is 2.45. The van der Waals surface area contributed by atoms with Crippen molar-refractivity contribution in [2.24, 2.45) is 4.99 Å². The molecule has 0 radical (unpaired) electrons. The molecule has 2 fully saturated rings. The van der Waals surface area contributed by atoms with Crippen molar-refractivity contribution in [2.45, 2.75) is 45.7 Å².